The lowest BCUT2D eigenvalue weighted by Crippen LogP contribution is -2.37. The topological polar surface area (TPSA) is 119 Å². The Kier molecular flexibility index (Phi) is 4.55. The fourth-order valence-electron chi connectivity index (χ4n) is 2.46. The number of amides is 1. The molecule has 0 aliphatic carbocycles. The van der Waals surface area contributed by atoms with Crippen LogP contribution in [0.15, 0.2) is 40.0 Å². The summed E-state index contributed by atoms with van der Waals surface area (Å²) >= 11 is 0. The van der Waals surface area contributed by atoms with Gasteiger partial charge < -0.3 is 14.2 Å². The van der Waals surface area contributed by atoms with Gasteiger partial charge in [0.1, 0.15) is 16.4 Å². The molecule has 2 N–H and O–H groups in total. The van der Waals surface area contributed by atoms with Gasteiger partial charge in [-0.05, 0) is 26.0 Å². The second-order valence-corrected chi connectivity index (χ2v) is 7.13. The Bertz CT molecular complexity index is 1000. The van der Waals surface area contributed by atoms with Crippen molar-refractivity contribution in [2.24, 2.45) is 0 Å². The predicted octanol–water partition coefficient (Wildman–Crippen LogP) is 0.534. The molecular weight excluding hydrogens is 346 g/mol. The number of sulfonamides is 1. The van der Waals surface area contributed by atoms with Gasteiger partial charge in [-0.25, -0.2) is 18.1 Å². The van der Waals surface area contributed by atoms with Gasteiger partial charge in [-0.3, -0.25) is 4.79 Å². The summed E-state index contributed by atoms with van der Waals surface area (Å²) < 4.78 is 33.4. The van der Waals surface area contributed by atoms with Gasteiger partial charge in [0.2, 0.25) is 15.9 Å². The molecule has 10 heteroatoms. The molecule has 0 unspecified atom stereocenters. The van der Waals surface area contributed by atoms with Gasteiger partial charge in [0.25, 0.3) is 0 Å². The summed E-state index contributed by atoms with van der Waals surface area (Å²) in [6.07, 6.45) is 3.53. The number of carbonyl (C=O) groups excluding carboxylic acids is 1. The summed E-state index contributed by atoms with van der Waals surface area (Å²) in [5.41, 5.74) is 1.15. The van der Waals surface area contributed by atoms with Gasteiger partial charge in [-0.15, -0.1) is 0 Å². The van der Waals surface area contributed by atoms with E-state index in [9.17, 15) is 13.2 Å². The smallest absolute Gasteiger partial charge is 0.246 e. The molecule has 0 aromatic carbocycles. The van der Waals surface area contributed by atoms with Crippen LogP contribution in [0.25, 0.3) is 5.52 Å². The number of rotatable bonds is 6. The van der Waals surface area contributed by atoms with Gasteiger partial charge in [-0.1, -0.05) is 11.2 Å². The average molecular weight is 363 g/mol. The molecule has 132 valence electrons. The van der Waals surface area contributed by atoms with Gasteiger partial charge in [-0.2, -0.15) is 0 Å². The van der Waals surface area contributed by atoms with Crippen molar-refractivity contribution in [1.29, 1.82) is 0 Å². The molecule has 0 aliphatic rings. The average Bonchev–Trinajstić information content (AvgIpc) is 3.14. The van der Waals surface area contributed by atoms with Gasteiger partial charge in [0.15, 0.2) is 5.76 Å². The molecule has 3 aromatic rings. The van der Waals surface area contributed by atoms with Crippen LogP contribution in [0.3, 0.4) is 0 Å². The number of fused-ring (bicyclic) bond motifs is 1. The van der Waals surface area contributed by atoms with Gasteiger partial charge in [0, 0.05) is 6.20 Å². The summed E-state index contributed by atoms with van der Waals surface area (Å²) in [4.78, 5) is 16.1. The second kappa shape index (κ2) is 6.65. The first kappa shape index (κ1) is 17.1. The van der Waals surface area contributed by atoms with Crippen LogP contribution in [0.2, 0.25) is 0 Å². The lowest BCUT2D eigenvalue weighted by Gasteiger charge is -2.07. The first-order valence-corrected chi connectivity index (χ1v) is 8.97. The molecule has 0 saturated carbocycles. The van der Waals surface area contributed by atoms with E-state index in [-0.39, 0.29) is 22.9 Å². The standard InChI is InChI=1S/C15H17N5O4S/c1-10-15(11(2)24-19-10)25(22,23)18-9-14(21)17-8-13-16-7-12-5-3-4-6-20(12)13/h3-7,18H,8-9H2,1-2H3,(H,17,21). The molecule has 0 atom stereocenters. The van der Waals surface area contributed by atoms with Crippen molar-refractivity contribution in [3.63, 3.8) is 0 Å². The SMILES string of the molecule is Cc1noc(C)c1S(=O)(=O)NCC(=O)NCc1ncc2ccccn12. The Balaban J connectivity index is 1.60. The number of pyridine rings is 1. The monoisotopic (exact) mass is 363 g/mol. The maximum absolute atomic E-state index is 12.2. The molecular formula is C15H17N5O4S. The zero-order chi connectivity index (χ0) is 18.0. The normalized spacial score (nSPS) is 11.8. The van der Waals surface area contributed by atoms with E-state index >= 15 is 0 Å². The van der Waals surface area contributed by atoms with E-state index in [4.69, 9.17) is 4.52 Å². The quantitative estimate of drug-likeness (QED) is 0.660. The maximum Gasteiger partial charge on any atom is 0.246 e. The molecule has 3 aromatic heterocycles. The zero-order valence-electron chi connectivity index (χ0n) is 13.7. The van der Waals surface area contributed by atoms with Crippen LogP contribution in [0, 0.1) is 13.8 Å². The number of carbonyl (C=O) groups is 1. The Hall–Kier alpha value is -2.72. The van der Waals surface area contributed by atoms with Crippen LogP contribution in [0.1, 0.15) is 17.3 Å². The summed E-state index contributed by atoms with van der Waals surface area (Å²) in [6.45, 7) is 2.81. The van der Waals surface area contributed by atoms with Crippen LogP contribution >= 0.6 is 0 Å². The molecule has 0 radical (unpaired) electrons. The molecule has 9 nitrogen and oxygen atoms in total. The highest BCUT2D eigenvalue weighted by Gasteiger charge is 2.24. The summed E-state index contributed by atoms with van der Waals surface area (Å²) in [5, 5.41) is 6.24. The number of nitrogens with zero attached hydrogens (tertiary/aromatic N) is 3. The van der Waals surface area contributed by atoms with E-state index in [1.165, 1.54) is 13.8 Å². The highest BCUT2D eigenvalue weighted by atomic mass is 32.2. The summed E-state index contributed by atoms with van der Waals surface area (Å²) in [6, 6.07) is 5.65. The summed E-state index contributed by atoms with van der Waals surface area (Å²) in [5.74, 6) is 0.356. The van der Waals surface area contributed by atoms with Crippen LogP contribution < -0.4 is 10.0 Å². The maximum atomic E-state index is 12.2. The first-order chi connectivity index (χ1) is 11.9. The third kappa shape index (κ3) is 3.54. The van der Waals surface area contributed by atoms with E-state index < -0.39 is 22.5 Å². The highest BCUT2D eigenvalue weighted by molar-refractivity contribution is 7.89. The lowest BCUT2D eigenvalue weighted by molar-refractivity contribution is -0.120. The molecule has 0 fully saturated rings. The Morgan fingerprint density at radius 2 is 2.12 bits per heavy atom. The van der Waals surface area contributed by atoms with Crippen molar-refractivity contribution in [2.45, 2.75) is 25.3 Å². The van der Waals surface area contributed by atoms with E-state index in [0.29, 0.717) is 5.82 Å². The number of hydrogen-bond acceptors (Lipinski definition) is 6. The Morgan fingerprint density at radius 3 is 2.84 bits per heavy atom. The molecule has 0 bridgehead atoms. The predicted molar refractivity (Wildman–Crippen MR) is 88.2 cm³/mol. The molecule has 0 spiro atoms. The van der Waals surface area contributed by atoms with Crippen molar-refractivity contribution in [3.8, 4) is 0 Å². The van der Waals surface area contributed by atoms with Crippen molar-refractivity contribution in [3.05, 3.63) is 47.9 Å². The first-order valence-electron chi connectivity index (χ1n) is 7.48. The fourth-order valence-corrected chi connectivity index (χ4v) is 3.77. The number of hydrogen-bond donors (Lipinski definition) is 2. The van der Waals surface area contributed by atoms with Gasteiger partial charge in [0.05, 0.1) is 24.8 Å². The van der Waals surface area contributed by atoms with Crippen molar-refractivity contribution >= 4 is 21.4 Å². The number of aromatic nitrogens is 3. The Morgan fingerprint density at radius 1 is 1.32 bits per heavy atom. The van der Waals surface area contributed by atoms with Crippen molar-refractivity contribution in [2.75, 3.05) is 6.54 Å². The lowest BCUT2D eigenvalue weighted by atomic mass is 10.4. The van der Waals surface area contributed by atoms with Crippen LogP contribution in [-0.4, -0.2) is 35.4 Å². The second-order valence-electron chi connectivity index (χ2n) is 5.42. The molecule has 25 heavy (non-hydrogen) atoms. The third-order valence-corrected chi connectivity index (χ3v) is 5.26. The number of imidazole rings is 1. The molecule has 1 amide bonds. The van der Waals surface area contributed by atoms with E-state index in [1.54, 1.807) is 6.20 Å². The van der Waals surface area contributed by atoms with Crippen LogP contribution in [0.5, 0.6) is 0 Å². The highest BCUT2D eigenvalue weighted by Crippen LogP contribution is 2.18. The van der Waals surface area contributed by atoms with Gasteiger partial charge >= 0.3 is 0 Å². The van der Waals surface area contributed by atoms with E-state index in [0.717, 1.165) is 5.52 Å². The fraction of sp³-hybridized carbons (Fsp3) is 0.267. The molecule has 3 rings (SSSR count). The minimum absolute atomic E-state index is 0.0421. The largest absolute Gasteiger partial charge is 0.360 e. The molecule has 0 aliphatic heterocycles. The van der Waals surface area contributed by atoms with Crippen LogP contribution in [-0.2, 0) is 21.4 Å². The third-order valence-electron chi connectivity index (χ3n) is 3.62. The van der Waals surface area contributed by atoms with Crippen LogP contribution in [0.4, 0.5) is 0 Å². The number of nitrogens with one attached hydrogen (secondary N) is 2. The van der Waals surface area contributed by atoms with Crippen molar-refractivity contribution < 1.29 is 17.7 Å². The zero-order valence-corrected chi connectivity index (χ0v) is 14.5. The molecule has 0 saturated heterocycles. The minimum Gasteiger partial charge on any atom is -0.360 e. The van der Waals surface area contributed by atoms with Crippen molar-refractivity contribution in [1.82, 2.24) is 24.6 Å². The summed E-state index contributed by atoms with van der Waals surface area (Å²) in [7, 11) is -3.87. The van der Waals surface area contributed by atoms with E-state index in [2.05, 4.69) is 20.2 Å². The Labute approximate surface area is 144 Å². The van der Waals surface area contributed by atoms with E-state index in [1.807, 2.05) is 28.8 Å². The number of aryl methyl sites for hydroxylation is 2. The minimum atomic E-state index is -3.87. The molecule has 3 heterocycles.